The number of carbonyl (C=O) groups excluding carboxylic acids is 1. The van der Waals surface area contributed by atoms with Crippen molar-refractivity contribution in [1.29, 1.82) is 0 Å². The highest BCUT2D eigenvalue weighted by Crippen LogP contribution is 2.36. The fourth-order valence-corrected chi connectivity index (χ4v) is 2.56. The lowest BCUT2D eigenvalue weighted by Gasteiger charge is -2.33. The van der Waals surface area contributed by atoms with Crippen LogP contribution in [0.2, 0.25) is 0 Å². The van der Waals surface area contributed by atoms with Crippen molar-refractivity contribution >= 4 is 11.6 Å². The maximum absolute atomic E-state index is 13.2. The molecule has 0 saturated carbocycles. The van der Waals surface area contributed by atoms with Crippen molar-refractivity contribution in [3.05, 3.63) is 29.3 Å². The van der Waals surface area contributed by atoms with E-state index >= 15 is 0 Å². The minimum absolute atomic E-state index is 0.134. The van der Waals surface area contributed by atoms with Gasteiger partial charge in [-0.2, -0.15) is 13.2 Å². The third kappa shape index (κ3) is 4.20. The number of alkyl halides is 3. The van der Waals surface area contributed by atoms with Crippen molar-refractivity contribution in [3.8, 4) is 0 Å². The van der Waals surface area contributed by atoms with Gasteiger partial charge in [-0.1, -0.05) is 6.07 Å². The second-order valence-electron chi connectivity index (χ2n) is 5.59. The zero-order chi connectivity index (χ0) is 16.3. The van der Waals surface area contributed by atoms with Gasteiger partial charge in [0, 0.05) is 50.9 Å². The Bertz CT molecular complexity index is 537. The lowest BCUT2D eigenvalue weighted by atomic mass is 10.0. The molecule has 2 rings (SSSR count). The number of rotatable bonds is 3. The number of hydrogen-bond acceptors (Lipinski definition) is 3. The molecule has 0 spiro atoms. The summed E-state index contributed by atoms with van der Waals surface area (Å²) in [5.74, 6) is -0.376. The monoisotopic (exact) mass is 315 g/mol. The smallest absolute Gasteiger partial charge is 0.326 e. The van der Waals surface area contributed by atoms with Gasteiger partial charge in [0.1, 0.15) is 0 Å². The Morgan fingerprint density at radius 1 is 1.23 bits per heavy atom. The Morgan fingerprint density at radius 3 is 2.41 bits per heavy atom. The third-order valence-electron chi connectivity index (χ3n) is 3.77. The normalized spacial score (nSPS) is 17.5. The van der Waals surface area contributed by atoms with Gasteiger partial charge in [-0.3, -0.25) is 9.69 Å². The highest BCUT2D eigenvalue weighted by atomic mass is 19.4. The molecule has 0 atom stereocenters. The predicted octanol–water partition coefficient (Wildman–Crippen LogP) is 2.41. The first-order valence-electron chi connectivity index (χ1n) is 7.15. The summed E-state index contributed by atoms with van der Waals surface area (Å²) in [6.45, 7) is 4.54. The molecule has 1 N–H and O–H groups in total. The van der Waals surface area contributed by atoms with Crippen molar-refractivity contribution < 1.29 is 18.0 Å². The molecule has 4 nitrogen and oxygen atoms in total. The molecule has 1 amide bonds. The standard InChI is InChI=1S/C15H20F3N3O/c1-11(22)19-14-5-3-4-13(15(16,17)18)12(14)10-21-8-6-20(2)7-9-21/h3-5H,6-10H2,1-2H3,(H,19,22). The van der Waals surface area contributed by atoms with Crippen LogP contribution in [0.25, 0.3) is 0 Å². The van der Waals surface area contributed by atoms with Crippen LogP contribution in [-0.4, -0.2) is 48.9 Å². The second-order valence-corrected chi connectivity index (χ2v) is 5.59. The second kappa shape index (κ2) is 6.66. The van der Waals surface area contributed by atoms with Gasteiger partial charge in [0.25, 0.3) is 0 Å². The summed E-state index contributed by atoms with van der Waals surface area (Å²) < 4.78 is 39.7. The van der Waals surface area contributed by atoms with Gasteiger partial charge in [-0.05, 0) is 19.2 Å². The maximum atomic E-state index is 13.2. The quantitative estimate of drug-likeness (QED) is 0.930. The molecule has 1 aromatic rings. The number of amides is 1. The van der Waals surface area contributed by atoms with Gasteiger partial charge in [-0.25, -0.2) is 0 Å². The molecule has 0 aromatic heterocycles. The lowest BCUT2D eigenvalue weighted by Crippen LogP contribution is -2.44. The third-order valence-corrected chi connectivity index (χ3v) is 3.77. The van der Waals surface area contributed by atoms with Gasteiger partial charge in [-0.15, -0.1) is 0 Å². The first-order chi connectivity index (χ1) is 10.3. The van der Waals surface area contributed by atoms with E-state index in [9.17, 15) is 18.0 Å². The van der Waals surface area contributed by atoms with Crippen LogP contribution >= 0.6 is 0 Å². The molecule has 1 saturated heterocycles. The molecule has 1 fully saturated rings. The van der Waals surface area contributed by atoms with Crippen molar-refractivity contribution in [2.24, 2.45) is 0 Å². The SMILES string of the molecule is CC(=O)Nc1cccc(C(F)(F)F)c1CN1CCN(C)CC1. The largest absolute Gasteiger partial charge is 0.416 e. The lowest BCUT2D eigenvalue weighted by molar-refractivity contribution is -0.138. The summed E-state index contributed by atoms with van der Waals surface area (Å²) in [6, 6.07) is 3.90. The molecular formula is C15H20F3N3O. The van der Waals surface area contributed by atoms with E-state index in [1.807, 2.05) is 11.9 Å². The summed E-state index contributed by atoms with van der Waals surface area (Å²) in [7, 11) is 1.99. The Morgan fingerprint density at radius 2 is 1.86 bits per heavy atom. The van der Waals surface area contributed by atoms with Crippen LogP contribution in [0.3, 0.4) is 0 Å². The minimum atomic E-state index is -4.43. The molecule has 1 aromatic carbocycles. The molecule has 0 radical (unpaired) electrons. The van der Waals surface area contributed by atoms with Crippen LogP contribution in [0.1, 0.15) is 18.1 Å². The molecule has 0 unspecified atom stereocenters. The van der Waals surface area contributed by atoms with E-state index in [-0.39, 0.29) is 23.7 Å². The van der Waals surface area contributed by atoms with Gasteiger partial charge in [0.05, 0.1) is 5.56 Å². The number of piperazine rings is 1. The number of hydrogen-bond donors (Lipinski definition) is 1. The molecule has 0 aliphatic carbocycles. The van der Waals surface area contributed by atoms with Crippen LogP contribution < -0.4 is 5.32 Å². The summed E-state index contributed by atoms with van der Waals surface area (Å²) in [5, 5.41) is 2.51. The van der Waals surface area contributed by atoms with E-state index in [0.717, 1.165) is 19.2 Å². The van der Waals surface area contributed by atoms with Crippen LogP contribution in [0.15, 0.2) is 18.2 Å². The van der Waals surface area contributed by atoms with Crippen molar-refractivity contribution in [2.45, 2.75) is 19.6 Å². The first kappa shape index (κ1) is 16.8. The van der Waals surface area contributed by atoms with Crippen molar-refractivity contribution in [2.75, 3.05) is 38.5 Å². The molecular weight excluding hydrogens is 295 g/mol. The fourth-order valence-electron chi connectivity index (χ4n) is 2.56. The average Bonchev–Trinajstić information content (AvgIpc) is 2.41. The van der Waals surface area contributed by atoms with E-state index in [2.05, 4.69) is 10.2 Å². The van der Waals surface area contributed by atoms with Crippen LogP contribution in [0, 0.1) is 0 Å². The first-order valence-corrected chi connectivity index (χ1v) is 7.15. The number of benzene rings is 1. The van der Waals surface area contributed by atoms with Crippen molar-refractivity contribution in [1.82, 2.24) is 9.80 Å². The molecule has 1 aliphatic rings. The zero-order valence-corrected chi connectivity index (χ0v) is 12.7. The van der Waals surface area contributed by atoms with E-state index in [1.165, 1.54) is 19.1 Å². The average molecular weight is 315 g/mol. The highest BCUT2D eigenvalue weighted by Gasteiger charge is 2.35. The molecule has 0 bridgehead atoms. The topological polar surface area (TPSA) is 35.6 Å². The molecule has 1 heterocycles. The summed E-state index contributed by atoms with van der Waals surface area (Å²) in [6.07, 6.45) is -4.43. The maximum Gasteiger partial charge on any atom is 0.416 e. The van der Waals surface area contributed by atoms with E-state index in [1.54, 1.807) is 0 Å². The van der Waals surface area contributed by atoms with Crippen LogP contribution in [-0.2, 0) is 17.5 Å². The number of likely N-dealkylation sites (N-methyl/N-ethyl adjacent to an activating group) is 1. The van der Waals surface area contributed by atoms with Crippen LogP contribution in [0.4, 0.5) is 18.9 Å². The number of nitrogens with zero attached hydrogens (tertiary/aromatic N) is 2. The van der Waals surface area contributed by atoms with Gasteiger partial charge >= 0.3 is 6.18 Å². The summed E-state index contributed by atoms with van der Waals surface area (Å²) >= 11 is 0. The van der Waals surface area contributed by atoms with Gasteiger partial charge in [0.15, 0.2) is 0 Å². The predicted molar refractivity (Wildman–Crippen MR) is 78.5 cm³/mol. The molecule has 122 valence electrons. The van der Waals surface area contributed by atoms with Gasteiger partial charge < -0.3 is 10.2 Å². The Balaban J connectivity index is 2.30. The van der Waals surface area contributed by atoms with E-state index in [4.69, 9.17) is 0 Å². The summed E-state index contributed by atoms with van der Waals surface area (Å²) in [5.41, 5.74) is -0.311. The number of anilines is 1. The van der Waals surface area contributed by atoms with E-state index < -0.39 is 11.7 Å². The zero-order valence-electron chi connectivity index (χ0n) is 12.7. The van der Waals surface area contributed by atoms with E-state index in [0.29, 0.717) is 13.1 Å². The number of halogens is 3. The fraction of sp³-hybridized carbons (Fsp3) is 0.533. The minimum Gasteiger partial charge on any atom is -0.326 e. The molecule has 22 heavy (non-hydrogen) atoms. The molecule has 1 aliphatic heterocycles. The number of nitrogens with one attached hydrogen (secondary N) is 1. The summed E-state index contributed by atoms with van der Waals surface area (Å²) in [4.78, 5) is 15.4. The Labute approximate surface area is 127 Å². The molecule has 7 heteroatoms. The van der Waals surface area contributed by atoms with Gasteiger partial charge in [0.2, 0.25) is 5.91 Å². The highest BCUT2D eigenvalue weighted by molar-refractivity contribution is 5.89. The van der Waals surface area contributed by atoms with Crippen molar-refractivity contribution in [3.63, 3.8) is 0 Å². The number of carbonyl (C=O) groups is 1. The Kier molecular flexibility index (Phi) is 5.08. The Hall–Kier alpha value is -1.60. The van der Waals surface area contributed by atoms with Crippen LogP contribution in [0.5, 0.6) is 0 Å².